The van der Waals surface area contributed by atoms with Gasteiger partial charge in [0.05, 0.1) is 12.6 Å². The van der Waals surface area contributed by atoms with Gasteiger partial charge in [0.15, 0.2) is 0 Å². The lowest BCUT2D eigenvalue weighted by atomic mass is 10.00. The molecule has 0 saturated carbocycles. The number of benzene rings is 1. The summed E-state index contributed by atoms with van der Waals surface area (Å²) in [4.78, 5) is 8.76. The Kier molecular flexibility index (Phi) is 3.54. The van der Waals surface area contributed by atoms with Gasteiger partial charge >= 0.3 is 0 Å². The van der Waals surface area contributed by atoms with E-state index in [-0.39, 0.29) is 0 Å². The number of pyridine rings is 2. The fourth-order valence-corrected chi connectivity index (χ4v) is 2.49. The molecule has 1 unspecified atom stereocenters. The second-order valence-corrected chi connectivity index (χ2v) is 4.86. The topological polar surface area (TPSA) is 55.2 Å². The molecular weight excluding hydrogens is 264 g/mol. The van der Waals surface area contributed by atoms with E-state index in [2.05, 4.69) is 9.97 Å². The standard InChI is InChI=1S/C17H16N2O2/c1-11-10-13(12-6-3-4-7-14(12)19-11)17(20)16-15(21-2)8-5-9-18-16/h3-10,17,20H,1-2H3. The van der Waals surface area contributed by atoms with E-state index < -0.39 is 6.10 Å². The Hall–Kier alpha value is -2.46. The van der Waals surface area contributed by atoms with Crippen LogP contribution in [0.3, 0.4) is 0 Å². The number of nitrogens with zero attached hydrogens (tertiary/aromatic N) is 2. The first-order valence-corrected chi connectivity index (χ1v) is 6.74. The van der Waals surface area contributed by atoms with Gasteiger partial charge in [-0.1, -0.05) is 18.2 Å². The predicted molar refractivity (Wildman–Crippen MR) is 81.3 cm³/mol. The number of hydrogen-bond acceptors (Lipinski definition) is 4. The monoisotopic (exact) mass is 280 g/mol. The minimum Gasteiger partial charge on any atom is -0.495 e. The van der Waals surface area contributed by atoms with Crippen LogP contribution in [0, 0.1) is 6.92 Å². The first-order valence-electron chi connectivity index (χ1n) is 6.74. The molecule has 1 atom stereocenters. The number of aliphatic hydroxyl groups is 1. The average Bonchev–Trinajstić information content (AvgIpc) is 2.53. The number of hydrogen-bond donors (Lipinski definition) is 1. The summed E-state index contributed by atoms with van der Waals surface area (Å²) >= 11 is 0. The molecule has 21 heavy (non-hydrogen) atoms. The zero-order valence-electron chi connectivity index (χ0n) is 11.9. The van der Waals surface area contributed by atoms with Gasteiger partial charge in [0.1, 0.15) is 17.5 Å². The Labute approximate surface area is 123 Å². The third-order valence-electron chi connectivity index (χ3n) is 3.45. The zero-order chi connectivity index (χ0) is 14.8. The van der Waals surface area contributed by atoms with Crippen molar-refractivity contribution in [2.75, 3.05) is 7.11 Å². The highest BCUT2D eigenvalue weighted by molar-refractivity contribution is 5.83. The van der Waals surface area contributed by atoms with Gasteiger partial charge in [-0.3, -0.25) is 9.97 Å². The molecule has 0 aliphatic rings. The van der Waals surface area contributed by atoms with Gasteiger partial charge in [-0.2, -0.15) is 0 Å². The molecule has 4 nitrogen and oxygen atoms in total. The fraction of sp³-hybridized carbons (Fsp3) is 0.176. The van der Waals surface area contributed by atoms with Gasteiger partial charge in [-0.15, -0.1) is 0 Å². The van der Waals surface area contributed by atoms with Crippen molar-refractivity contribution >= 4 is 10.9 Å². The molecule has 0 saturated heterocycles. The largest absolute Gasteiger partial charge is 0.495 e. The molecule has 0 spiro atoms. The van der Waals surface area contributed by atoms with Crippen LogP contribution in [0.25, 0.3) is 10.9 Å². The summed E-state index contributed by atoms with van der Waals surface area (Å²) in [6, 6.07) is 13.2. The number of rotatable bonds is 3. The number of aliphatic hydroxyl groups excluding tert-OH is 1. The molecule has 0 radical (unpaired) electrons. The minimum atomic E-state index is -0.854. The molecular formula is C17H16N2O2. The van der Waals surface area contributed by atoms with E-state index in [0.717, 1.165) is 22.2 Å². The number of para-hydroxylation sites is 1. The molecule has 0 aliphatic heterocycles. The van der Waals surface area contributed by atoms with Crippen LogP contribution < -0.4 is 4.74 Å². The first-order chi connectivity index (χ1) is 10.2. The van der Waals surface area contributed by atoms with Crippen molar-refractivity contribution in [3.05, 3.63) is 65.6 Å². The quantitative estimate of drug-likeness (QED) is 0.801. The van der Waals surface area contributed by atoms with E-state index in [9.17, 15) is 5.11 Å². The SMILES string of the molecule is COc1cccnc1C(O)c1cc(C)nc2ccccc12. The number of fused-ring (bicyclic) bond motifs is 1. The summed E-state index contributed by atoms with van der Waals surface area (Å²) in [5.74, 6) is 0.573. The first kappa shape index (κ1) is 13.5. The van der Waals surface area contributed by atoms with Crippen molar-refractivity contribution in [2.24, 2.45) is 0 Å². The van der Waals surface area contributed by atoms with Crippen LogP contribution in [0.1, 0.15) is 23.1 Å². The van der Waals surface area contributed by atoms with E-state index in [1.165, 1.54) is 0 Å². The fourth-order valence-electron chi connectivity index (χ4n) is 2.49. The highest BCUT2D eigenvalue weighted by atomic mass is 16.5. The number of aryl methyl sites for hydroxylation is 1. The van der Waals surface area contributed by atoms with Crippen LogP contribution in [0.2, 0.25) is 0 Å². The molecule has 3 rings (SSSR count). The van der Waals surface area contributed by atoms with Crippen molar-refractivity contribution in [3.63, 3.8) is 0 Å². The van der Waals surface area contributed by atoms with E-state index in [0.29, 0.717) is 11.4 Å². The molecule has 2 aromatic heterocycles. The van der Waals surface area contributed by atoms with E-state index in [1.54, 1.807) is 25.4 Å². The lowest BCUT2D eigenvalue weighted by molar-refractivity contribution is 0.210. The van der Waals surface area contributed by atoms with Gasteiger partial charge in [0.25, 0.3) is 0 Å². The molecule has 0 amide bonds. The maximum atomic E-state index is 10.8. The number of aromatic nitrogens is 2. The average molecular weight is 280 g/mol. The second-order valence-electron chi connectivity index (χ2n) is 4.86. The Bertz CT molecular complexity index is 787. The van der Waals surface area contributed by atoms with Crippen LogP contribution in [-0.4, -0.2) is 22.2 Å². The van der Waals surface area contributed by atoms with Crippen LogP contribution in [-0.2, 0) is 0 Å². The molecule has 1 aromatic carbocycles. The van der Waals surface area contributed by atoms with Crippen LogP contribution in [0.4, 0.5) is 0 Å². The third-order valence-corrected chi connectivity index (χ3v) is 3.45. The van der Waals surface area contributed by atoms with Crippen molar-refractivity contribution in [3.8, 4) is 5.75 Å². The molecule has 106 valence electrons. The minimum absolute atomic E-state index is 0.510. The summed E-state index contributed by atoms with van der Waals surface area (Å²) in [5.41, 5.74) is 3.02. The summed E-state index contributed by atoms with van der Waals surface area (Å²) < 4.78 is 5.29. The van der Waals surface area contributed by atoms with Gasteiger partial charge in [0.2, 0.25) is 0 Å². The van der Waals surface area contributed by atoms with Crippen LogP contribution in [0.5, 0.6) is 5.75 Å². The molecule has 3 aromatic rings. The predicted octanol–water partition coefficient (Wildman–Crippen LogP) is 3.03. The number of methoxy groups -OCH3 is 1. The lowest BCUT2D eigenvalue weighted by Crippen LogP contribution is -2.06. The Morgan fingerprint density at radius 3 is 2.76 bits per heavy atom. The molecule has 4 heteroatoms. The molecule has 1 N–H and O–H groups in total. The summed E-state index contributed by atoms with van der Waals surface area (Å²) in [7, 11) is 1.57. The van der Waals surface area contributed by atoms with Gasteiger partial charge in [-0.25, -0.2) is 0 Å². The normalized spacial score (nSPS) is 12.3. The maximum Gasteiger partial charge on any atom is 0.143 e. The summed E-state index contributed by atoms with van der Waals surface area (Å²) in [6.07, 6.45) is 0.796. The van der Waals surface area contributed by atoms with E-state index >= 15 is 0 Å². The molecule has 0 bridgehead atoms. The second kappa shape index (κ2) is 5.50. The van der Waals surface area contributed by atoms with Gasteiger partial charge in [0, 0.05) is 17.3 Å². The Balaban J connectivity index is 2.20. The maximum absolute atomic E-state index is 10.8. The van der Waals surface area contributed by atoms with Crippen molar-refractivity contribution in [1.82, 2.24) is 9.97 Å². The van der Waals surface area contributed by atoms with Gasteiger partial charge < -0.3 is 9.84 Å². The summed E-state index contributed by atoms with van der Waals surface area (Å²) in [5, 5.41) is 11.7. The van der Waals surface area contributed by atoms with Crippen LogP contribution >= 0.6 is 0 Å². The van der Waals surface area contributed by atoms with Crippen molar-refractivity contribution in [1.29, 1.82) is 0 Å². The lowest BCUT2D eigenvalue weighted by Gasteiger charge is -2.16. The molecule has 0 fully saturated rings. The molecule has 0 aliphatic carbocycles. The number of ether oxygens (including phenoxy) is 1. The Morgan fingerprint density at radius 2 is 1.95 bits per heavy atom. The van der Waals surface area contributed by atoms with E-state index in [4.69, 9.17) is 4.74 Å². The summed E-state index contributed by atoms with van der Waals surface area (Å²) in [6.45, 7) is 1.91. The highest BCUT2D eigenvalue weighted by Crippen LogP contribution is 2.32. The van der Waals surface area contributed by atoms with E-state index in [1.807, 2.05) is 37.3 Å². The zero-order valence-corrected chi connectivity index (χ0v) is 11.9. The smallest absolute Gasteiger partial charge is 0.143 e. The van der Waals surface area contributed by atoms with Crippen molar-refractivity contribution < 1.29 is 9.84 Å². The van der Waals surface area contributed by atoms with Crippen LogP contribution in [0.15, 0.2) is 48.7 Å². The third kappa shape index (κ3) is 2.45. The Morgan fingerprint density at radius 1 is 1.14 bits per heavy atom. The van der Waals surface area contributed by atoms with Gasteiger partial charge in [-0.05, 0) is 36.8 Å². The highest BCUT2D eigenvalue weighted by Gasteiger charge is 2.19. The molecule has 2 heterocycles. The van der Waals surface area contributed by atoms with Crippen molar-refractivity contribution in [2.45, 2.75) is 13.0 Å².